The first kappa shape index (κ1) is 9.49. The summed E-state index contributed by atoms with van der Waals surface area (Å²) in [5.41, 5.74) is 0. The summed E-state index contributed by atoms with van der Waals surface area (Å²) in [5.74, 6) is 0.826. The van der Waals surface area contributed by atoms with Crippen LogP contribution in [-0.2, 0) is 0 Å². The average Bonchev–Trinajstić information content (AvgIpc) is 2.47. The van der Waals surface area contributed by atoms with E-state index in [1.807, 2.05) is 37.4 Å². The SMILES string of the molecule is CN1C[C@H](O)[C@H](Oc2ccccc2)C1. The molecule has 1 aromatic rings. The zero-order valence-electron chi connectivity index (χ0n) is 8.26. The minimum atomic E-state index is -0.375. The predicted molar refractivity (Wildman–Crippen MR) is 54.4 cm³/mol. The highest BCUT2D eigenvalue weighted by molar-refractivity contribution is 5.21. The van der Waals surface area contributed by atoms with Crippen molar-refractivity contribution in [1.29, 1.82) is 0 Å². The van der Waals surface area contributed by atoms with Crippen LogP contribution in [0.5, 0.6) is 5.75 Å². The van der Waals surface area contributed by atoms with Crippen LogP contribution >= 0.6 is 0 Å². The van der Waals surface area contributed by atoms with Crippen molar-refractivity contribution in [3.05, 3.63) is 30.3 Å². The van der Waals surface area contributed by atoms with Crippen LogP contribution in [0.15, 0.2) is 30.3 Å². The van der Waals surface area contributed by atoms with Gasteiger partial charge in [0.2, 0.25) is 0 Å². The van der Waals surface area contributed by atoms with Crippen LogP contribution in [-0.4, -0.2) is 42.4 Å². The summed E-state index contributed by atoms with van der Waals surface area (Å²) >= 11 is 0. The number of aliphatic hydroxyl groups is 1. The van der Waals surface area contributed by atoms with E-state index in [0.717, 1.165) is 12.3 Å². The summed E-state index contributed by atoms with van der Waals surface area (Å²) in [5, 5.41) is 9.65. The van der Waals surface area contributed by atoms with Gasteiger partial charge in [-0.1, -0.05) is 18.2 Å². The van der Waals surface area contributed by atoms with Gasteiger partial charge in [-0.2, -0.15) is 0 Å². The number of rotatable bonds is 2. The highest BCUT2D eigenvalue weighted by atomic mass is 16.5. The van der Waals surface area contributed by atoms with E-state index in [1.165, 1.54) is 0 Å². The highest BCUT2D eigenvalue weighted by Crippen LogP contribution is 2.17. The van der Waals surface area contributed by atoms with Crippen molar-refractivity contribution in [2.75, 3.05) is 20.1 Å². The highest BCUT2D eigenvalue weighted by Gasteiger charge is 2.30. The number of hydrogen-bond acceptors (Lipinski definition) is 3. The van der Waals surface area contributed by atoms with E-state index in [2.05, 4.69) is 4.90 Å². The van der Waals surface area contributed by atoms with Gasteiger partial charge in [0.05, 0.1) is 0 Å². The topological polar surface area (TPSA) is 32.7 Å². The fourth-order valence-electron chi connectivity index (χ4n) is 1.73. The molecular formula is C11H15NO2. The fraction of sp³-hybridized carbons (Fsp3) is 0.455. The number of para-hydroxylation sites is 1. The molecular weight excluding hydrogens is 178 g/mol. The third kappa shape index (κ3) is 2.05. The van der Waals surface area contributed by atoms with E-state index in [-0.39, 0.29) is 12.2 Å². The monoisotopic (exact) mass is 193 g/mol. The van der Waals surface area contributed by atoms with E-state index >= 15 is 0 Å². The molecule has 1 aliphatic heterocycles. The maximum absolute atomic E-state index is 9.65. The largest absolute Gasteiger partial charge is 0.486 e. The molecule has 0 spiro atoms. The van der Waals surface area contributed by atoms with E-state index < -0.39 is 0 Å². The first-order chi connectivity index (χ1) is 6.75. The molecule has 2 rings (SSSR count). The summed E-state index contributed by atoms with van der Waals surface area (Å²) in [6, 6.07) is 9.63. The Labute approximate surface area is 83.9 Å². The normalized spacial score (nSPS) is 27.9. The molecule has 14 heavy (non-hydrogen) atoms. The third-order valence-electron chi connectivity index (χ3n) is 2.45. The number of benzene rings is 1. The van der Waals surface area contributed by atoms with Crippen LogP contribution in [0, 0.1) is 0 Å². The molecule has 3 nitrogen and oxygen atoms in total. The maximum Gasteiger partial charge on any atom is 0.138 e. The smallest absolute Gasteiger partial charge is 0.138 e. The van der Waals surface area contributed by atoms with Crippen molar-refractivity contribution in [3.8, 4) is 5.75 Å². The Balaban J connectivity index is 1.98. The minimum absolute atomic E-state index is 0.0950. The lowest BCUT2D eigenvalue weighted by atomic mass is 10.2. The predicted octanol–water partition coefficient (Wildman–Crippen LogP) is 0.740. The zero-order chi connectivity index (χ0) is 9.97. The lowest BCUT2D eigenvalue weighted by Crippen LogP contribution is -2.29. The molecule has 0 bridgehead atoms. The van der Waals surface area contributed by atoms with Crippen molar-refractivity contribution in [3.63, 3.8) is 0 Å². The summed E-state index contributed by atoms with van der Waals surface area (Å²) in [6.45, 7) is 1.48. The van der Waals surface area contributed by atoms with Crippen molar-refractivity contribution < 1.29 is 9.84 Å². The average molecular weight is 193 g/mol. The molecule has 0 saturated carbocycles. The Morgan fingerprint density at radius 3 is 2.57 bits per heavy atom. The second-order valence-corrected chi connectivity index (χ2v) is 3.76. The van der Waals surface area contributed by atoms with Gasteiger partial charge in [0, 0.05) is 13.1 Å². The van der Waals surface area contributed by atoms with Gasteiger partial charge in [-0.05, 0) is 19.2 Å². The van der Waals surface area contributed by atoms with Gasteiger partial charge in [0.1, 0.15) is 18.0 Å². The standard InChI is InChI=1S/C11H15NO2/c1-12-7-10(13)11(8-12)14-9-5-3-2-4-6-9/h2-6,10-11,13H,7-8H2,1H3/t10-,11+/m0/s1. The Hall–Kier alpha value is -1.06. The van der Waals surface area contributed by atoms with E-state index in [0.29, 0.717) is 6.54 Å². The Kier molecular flexibility index (Phi) is 2.70. The Morgan fingerprint density at radius 1 is 1.29 bits per heavy atom. The first-order valence-corrected chi connectivity index (χ1v) is 4.84. The molecule has 0 radical (unpaired) electrons. The Bertz CT molecular complexity index is 289. The number of aliphatic hydroxyl groups excluding tert-OH is 1. The molecule has 1 aliphatic rings. The summed E-state index contributed by atoms with van der Waals surface area (Å²) in [4.78, 5) is 2.07. The summed E-state index contributed by atoms with van der Waals surface area (Å²) in [6.07, 6.45) is -0.470. The molecule has 1 aromatic carbocycles. The van der Waals surface area contributed by atoms with Gasteiger partial charge < -0.3 is 9.84 Å². The van der Waals surface area contributed by atoms with Gasteiger partial charge in [0.15, 0.2) is 0 Å². The van der Waals surface area contributed by atoms with E-state index in [9.17, 15) is 5.11 Å². The van der Waals surface area contributed by atoms with Crippen LogP contribution in [0.2, 0.25) is 0 Å². The van der Waals surface area contributed by atoms with E-state index in [4.69, 9.17) is 4.74 Å². The number of likely N-dealkylation sites (tertiary alicyclic amines) is 1. The fourth-order valence-corrected chi connectivity index (χ4v) is 1.73. The van der Waals surface area contributed by atoms with Gasteiger partial charge in [0.25, 0.3) is 0 Å². The minimum Gasteiger partial charge on any atom is -0.486 e. The van der Waals surface area contributed by atoms with E-state index in [1.54, 1.807) is 0 Å². The third-order valence-corrected chi connectivity index (χ3v) is 2.45. The molecule has 0 unspecified atom stereocenters. The maximum atomic E-state index is 9.65. The second-order valence-electron chi connectivity index (χ2n) is 3.76. The first-order valence-electron chi connectivity index (χ1n) is 4.84. The van der Waals surface area contributed by atoms with Crippen LogP contribution < -0.4 is 4.74 Å². The number of hydrogen-bond donors (Lipinski definition) is 1. The number of nitrogens with zero attached hydrogens (tertiary/aromatic N) is 1. The molecule has 1 fully saturated rings. The van der Waals surface area contributed by atoms with Gasteiger partial charge in [-0.15, -0.1) is 0 Å². The zero-order valence-corrected chi connectivity index (χ0v) is 8.26. The molecule has 1 heterocycles. The quantitative estimate of drug-likeness (QED) is 0.752. The lowest BCUT2D eigenvalue weighted by molar-refractivity contribution is 0.0737. The van der Waals surface area contributed by atoms with Crippen molar-refractivity contribution in [2.24, 2.45) is 0 Å². The van der Waals surface area contributed by atoms with Gasteiger partial charge in [-0.3, -0.25) is 4.90 Å². The number of ether oxygens (including phenoxy) is 1. The van der Waals surface area contributed by atoms with Crippen LogP contribution in [0.1, 0.15) is 0 Å². The molecule has 0 aromatic heterocycles. The van der Waals surface area contributed by atoms with Gasteiger partial charge in [-0.25, -0.2) is 0 Å². The van der Waals surface area contributed by atoms with Crippen LogP contribution in [0.25, 0.3) is 0 Å². The second kappa shape index (κ2) is 3.98. The molecule has 1 saturated heterocycles. The number of β-amino-alcohol motifs (C(OH)–C–C–N with tert-alkyl or cyclic N) is 1. The van der Waals surface area contributed by atoms with Gasteiger partial charge >= 0.3 is 0 Å². The molecule has 0 aliphatic carbocycles. The molecule has 2 atom stereocenters. The Morgan fingerprint density at radius 2 is 2.00 bits per heavy atom. The summed E-state index contributed by atoms with van der Waals surface area (Å²) < 4.78 is 5.67. The molecule has 3 heteroatoms. The van der Waals surface area contributed by atoms with Crippen molar-refractivity contribution >= 4 is 0 Å². The molecule has 76 valence electrons. The molecule has 1 N–H and O–H groups in total. The van der Waals surface area contributed by atoms with Crippen LogP contribution in [0.4, 0.5) is 0 Å². The van der Waals surface area contributed by atoms with Crippen molar-refractivity contribution in [1.82, 2.24) is 4.90 Å². The van der Waals surface area contributed by atoms with Crippen molar-refractivity contribution in [2.45, 2.75) is 12.2 Å². The lowest BCUT2D eigenvalue weighted by Gasteiger charge is -2.15. The van der Waals surface area contributed by atoms with Crippen LogP contribution in [0.3, 0.4) is 0 Å². The summed E-state index contributed by atoms with van der Waals surface area (Å²) in [7, 11) is 1.98. The number of likely N-dealkylation sites (N-methyl/N-ethyl adjacent to an activating group) is 1. The molecule has 0 amide bonds.